The average molecular weight is 141 g/mol. The van der Waals surface area contributed by atoms with Crippen LogP contribution in [0.2, 0.25) is 0 Å². The molecule has 0 aromatic carbocycles. The van der Waals surface area contributed by atoms with Crippen LogP contribution in [0, 0.1) is 5.92 Å². The van der Waals surface area contributed by atoms with E-state index in [9.17, 15) is 0 Å². The van der Waals surface area contributed by atoms with Gasteiger partial charge in [0.1, 0.15) is 6.61 Å². The van der Waals surface area contributed by atoms with Crippen LogP contribution in [0.15, 0.2) is 17.8 Å². The topological polar surface area (TPSA) is 21.6 Å². The summed E-state index contributed by atoms with van der Waals surface area (Å²) in [5, 5.41) is 3.86. The number of nitrogens with zero attached hydrogens (tertiary/aromatic N) is 1. The highest BCUT2D eigenvalue weighted by atomic mass is 16.6. The van der Waals surface area contributed by atoms with Gasteiger partial charge >= 0.3 is 0 Å². The van der Waals surface area contributed by atoms with E-state index in [4.69, 9.17) is 4.84 Å². The lowest BCUT2D eigenvalue weighted by Crippen LogP contribution is -2.03. The first kappa shape index (κ1) is 9.21. The number of hydrogen-bond donors (Lipinski definition) is 0. The Kier molecular flexibility index (Phi) is 4.63. The van der Waals surface area contributed by atoms with Crippen molar-refractivity contribution in [1.82, 2.24) is 0 Å². The predicted molar refractivity (Wildman–Crippen MR) is 44.1 cm³/mol. The predicted octanol–water partition coefficient (Wildman–Crippen LogP) is 2.22. The Morgan fingerprint density at radius 1 is 1.70 bits per heavy atom. The molecule has 0 unspecified atom stereocenters. The van der Waals surface area contributed by atoms with Gasteiger partial charge < -0.3 is 4.84 Å². The van der Waals surface area contributed by atoms with Crippen molar-refractivity contribution in [2.75, 3.05) is 6.61 Å². The molecule has 0 aliphatic carbocycles. The fourth-order valence-electron chi connectivity index (χ4n) is 0.517. The Labute approximate surface area is 62.6 Å². The Hall–Kier alpha value is -0.790. The Morgan fingerprint density at radius 2 is 2.30 bits per heavy atom. The minimum Gasteiger partial charge on any atom is -0.396 e. The number of rotatable bonds is 4. The van der Waals surface area contributed by atoms with Gasteiger partial charge in [-0.2, -0.15) is 0 Å². The van der Waals surface area contributed by atoms with Crippen LogP contribution in [0.3, 0.4) is 0 Å². The molecule has 2 heteroatoms. The molecule has 0 fully saturated rings. The molecule has 0 aliphatic rings. The van der Waals surface area contributed by atoms with Crippen LogP contribution < -0.4 is 0 Å². The van der Waals surface area contributed by atoms with Gasteiger partial charge in [-0.3, -0.25) is 0 Å². The Balaban J connectivity index is 3.91. The standard InChI is InChI=1S/C8H15NO/c1-5-8(7(3)4)9-10-6-2/h5,7H,1,6H2,2-4H3/b9-8+. The molecule has 0 saturated carbocycles. The summed E-state index contributed by atoms with van der Waals surface area (Å²) in [7, 11) is 0. The monoisotopic (exact) mass is 141 g/mol. The van der Waals surface area contributed by atoms with Gasteiger partial charge in [0.2, 0.25) is 0 Å². The van der Waals surface area contributed by atoms with Crippen LogP contribution in [-0.4, -0.2) is 12.3 Å². The first-order valence-electron chi connectivity index (χ1n) is 3.54. The lowest BCUT2D eigenvalue weighted by molar-refractivity contribution is 0.157. The zero-order valence-electron chi connectivity index (χ0n) is 6.92. The number of oxime groups is 1. The van der Waals surface area contributed by atoms with Crippen molar-refractivity contribution >= 4 is 5.71 Å². The molecule has 0 saturated heterocycles. The summed E-state index contributed by atoms with van der Waals surface area (Å²) in [5.41, 5.74) is 0.904. The van der Waals surface area contributed by atoms with Gasteiger partial charge in [-0.15, -0.1) is 0 Å². The molecule has 58 valence electrons. The van der Waals surface area contributed by atoms with Gasteiger partial charge in [0.05, 0.1) is 5.71 Å². The van der Waals surface area contributed by atoms with Gasteiger partial charge in [-0.1, -0.05) is 25.6 Å². The zero-order valence-corrected chi connectivity index (χ0v) is 6.92. The molecule has 0 radical (unpaired) electrons. The second-order valence-electron chi connectivity index (χ2n) is 2.29. The lowest BCUT2D eigenvalue weighted by atomic mass is 10.1. The third-order valence-corrected chi connectivity index (χ3v) is 1.10. The van der Waals surface area contributed by atoms with Gasteiger partial charge in [-0.05, 0) is 18.9 Å². The van der Waals surface area contributed by atoms with Crippen LogP contribution in [0.1, 0.15) is 20.8 Å². The van der Waals surface area contributed by atoms with E-state index in [0.29, 0.717) is 12.5 Å². The van der Waals surface area contributed by atoms with Gasteiger partial charge in [-0.25, -0.2) is 0 Å². The quantitative estimate of drug-likeness (QED) is 0.434. The maximum Gasteiger partial charge on any atom is 0.114 e. The molecule has 10 heavy (non-hydrogen) atoms. The molecule has 0 atom stereocenters. The largest absolute Gasteiger partial charge is 0.396 e. The van der Waals surface area contributed by atoms with Crippen molar-refractivity contribution in [3.05, 3.63) is 12.7 Å². The highest BCUT2D eigenvalue weighted by molar-refractivity contribution is 5.95. The van der Waals surface area contributed by atoms with Crippen LogP contribution >= 0.6 is 0 Å². The Bertz CT molecular complexity index is 127. The smallest absolute Gasteiger partial charge is 0.114 e. The molecule has 0 spiro atoms. The van der Waals surface area contributed by atoms with Crippen molar-refractivity contribution in [3.8, 4) is 0 Å². The second-order valence-corrected chi connectivity index (χ2v) is 2.29. The summed E-state index contributed by atoms with van der Waals surface area (Å²) < 4.78 is 0. The van der Waals surface area contributed by atoms with E-state index in [1.807, 2.05) is 6.92 Å². The van der Waals surface area contributed by atoms with Crippen LogP contribution in [0.25, 0.3) is 0 Å². The van der Waals surface area contributed by atoms with E-state index in [0.717, 1.165) is 5.71 Å². The average Bonchev–Trinajstić information content (AvgIpc) is 1.89. The molecule has 0 heterocycles. The van der Waals surface area contributed by atoms with Crippen molar-refractivity contribution < 1.29 is 4.84 Å². The van der Waals surface area contributed by atoms with E-state index >= 15 is 0 Å². The van der Waals surface area contributed by atoms with E-state index in [-0.39, 0.29) is 0 Å². The molecular formula is C8H15NO. The fraction of sp³-hybridized carbons (Fsp3) is 0.625. The highest BCUT2D eigenvalue weighted by Gasteiger charge is 1.99. The SMILES string of the molecule is C=C/C(=N\OCC)C(C)C. The van der Waals surface area contributed by atoms with Crippen LogP contribution in [0.4, 0.5) is 0 Å². The summed E-state index contributed by atoms with van der Waals surface area (Å²) in [6, 6.07) is 0. The first-order chi connectivity index (χ1) is 4.72. The van der Waals surface area contributed by atoms with Crippen molar-refractivity contribution in [2.24, 2.45) is 11.1 Å². The van der Waals surface area contributed by atoms with Gasteiger partial charge in [0.25, 0.3) is 0 Å². The van der Waals surface area contributed by atoms with E-state index in [2.05, 4.69) is 25.6 Å². The van der Waals surface area contributed by atoms with E-state index in [1.165, 1.54) is 0 Å². The molecule has 0 amide bonds. The third kappa shape index (κ3) is 3.28. The van der Waals surface area contributed by atoms with E-state index < -0.39 is 0 Å². The molecule has 0 bridgehead atoms. The molecular weight excluding hydrogens is 126 g/mol. The molecule has 0 N–H and O–H groups in total. The van der Waals surface area contributed by atoms with Crippen LogP contribution in [-0.2, 0) is 4.84 Å². The maximum absolute atomic E-state index is 4.86. The lowest BCUT2D eigenvalue weighted by Gasteiger charge is -2.02. The van der Waals surface area contributed by atoms with Crippen LogP contribution in [0.5, 0.6) is 0 Å². The summed E-state index contributed by atoms with van der Waals surface area (Å²) in [4.78, 5) is 4.86. The molecule has 0 aromatic rings. The second kappa shape index (κ2) is 5.03. The zero-order chi connectivity index (χ0) is 7.98. The summed E-state index contributed by atoms with van der Waals surface area (Å²) in [6.45, 7) is 10.3. The summed E-state index contributed by atoms with van der Waals surface area (Å²) in [6.07, 6.45) is 1.72. The van der Waals surface area contributed by atoms with Crippen molar-refractivity contribution in [3.63, 3.8) is 0 Å². The summed E-state index contributed by atoms with van der Waals surface area (Å²) >= 11 is 0. The summed E-state index contributed by atoms with van der Waals surface area (Å²) in [5.74, 6) is 0.393. The van der Waals surface area contributed by atoms with E-state index in [1.54, 1.807) is 6.08 Å². The van der Waals surface area contributed by atoms with Crippen molar-refractivity contribution in [2.45, 2.75) is 20.8 Å². The molecule has 0 aliphatic heterocycles. The van der Waals surface area contributed by atoms with Crippen molar-refractivity contribution in [1.29, 1.82) is 0 Å². The minimum absolute atomic E-state index is 0.393. The fourth-order valence-corrected chi connectivity index (χ4v) is 0.517. The Morgan fingerprint density at radius 3 is 2.60 bits per heavy atom. The highest BCUT2D eigenvalue weighted by Crippen LogP contribution is 1.98. The van der Waals surface area contributed by atoms with Gasteiger partial charge in [0.15, 0.2) is 0 Å². The normalized spacial score (nSPS) is 11.8. The minimum atomic E-state index is 0.393. The molecule has 0 rings (SSSR count). The first-order valence-corrected chi connectivity index (χ1v) is 3.54. The maximum atomic E-state index is 4.86. The number of allylic oxidation sites excluding steroid dienone is 1. The third-order valence-electron chi connectivity index (χ3n) is 1.10. The van der Waals surface area contributed by atoms with Gasteiger partial charge in [0, 0.05) is 0 Å². The molecule has 2 nitrogen and oxygen atoms in total. The number of hydrogen-bond acceptors (Lipinski definition) is 2. The molecule has 0 aromatic heterocycles.